The topological polar surface area (TPSA) is 312 Å². The number of aromatic nitrogens is 1. The fourth-order valence-corrected chi connectivity index (χ4v) is 7.59. The summed E-state index contributed by atoms with van der Waals surface area (Å²) in [5, 5.41) is 19.9. The molecule has 1 saturated heterocycles. The highest BCUT2D eigenvalue weighted by molar-refractivity contribution is 6.01. The van der Waals surface area contributed by atoms with Gasteiger partial charge in [-0.3, -0.25) is 43.2 Å². The molecular weight excluding hydrogens is 921 g/mol. The zero-order valence-corrected chi connectivity index (χ0v) is 39.3. The van der Waals surface area contributed by atoms with Gasteiger partial charge in [-0.2, -0.15) is 0 Å². The number of hydrogen-bond donors (Lipinski definition) is 7. The van der Waals surface area contributed by atoms with E-state index in [0.29, 0.717) is 22.9 Å². The Morgan fingerprint density at radius 2 is 1.44 bits per heavy atom. The summed E-state index contributed by atoms with van der Waals surface area (Å²) >= 11 is 0. The molecule has 3 aromatic rings. The summed E-state index contributed by atoms with van der Waals surface area (Å²) in [6.07, 6.45) is -0.499. The van der Waals surface area contributed by atoms with Crippen LogP contribution in [0, 0.1) is 17.0 Å². The van der Waals surface area contributed by atoms with E-state index >= 15 is 4.39 Å². The third-order valence-corrected chi connectivity index (χ3v) is 11.0. The number of halogens is 2. The van der Waals surface area contributed by atoms with Gasteiger partial charge >= 0.3 is 5.97 Å². The SMILES string of the molecule is CC(NC(=O)CCCC(=O)ON1C(=O)CCC1=O)C(=O)NC(CC(=O)NC(CC(=O)NCCCN(C(=O)CO)C(c1cc(-c2cc(F)ccc2F)cn1Cc1ccccc1)C(C)(C)C)C(N)=O)C(N)=O. The van der Waals surface area contributed by atoms with E-state index in [1.165, 1.54) is 11.8 Å². The van der Waals surface area contributed by atoms with Gasteiger partial charge in [0, 0.05) is 68.3 Å². The summed E-state index contributed by atoms with van der Waals surface area (Å²) in [4.78, 5) is 131. The second kappa shape index (κ2) is 25.2. The van der Waals surface area contributed by atoms with Gasteiger partial charge < -0.3 is 52.1 Å². The maximum atomic E-state index is 15.1. The Morgan fingerprint density at radius 1 is 0.814 bits per heavy atom. The van der Waals surface area contributed by atoms with Crippen LogP contribution in [0.15, 0.2) is 60.8 Å². The normalized spacial score (nSPS) is 14.2. The van der Waals surface area contributed by atoms with Crippen LogP contribution in [0.5, 0.6) is 0 Å². The average Bonchev–Trinajstić information content (AvgIpc) is 3.84. The van der Waals surface area contributed by atoms with Crippen LogP contribution in [0.2, 0.25) is 0 Å². The molecule has 9 N–H and O–H groups in total. The molecular formula is C47H59F2N9O12. The van der Waals surface area contributed by atoms with Crippen molar-refractivity contribution in [1.82, 2.24) is 35.8 Å². The van der Waals surface area contributed by atoms with E-state index in [0.717, 1.165) is 23.8 Å². The van der Waals surface area contributed by atoms with Gasteiger partial charge in [0.25, 0.3) is 11.8 Å². The molecule has 2 heterocycles. The molecule has 378 valence electrons. The fraction of sp³-hybridized carbons (Fsp3) is 0.447. The van der Waals surface area contributed by atoms with Crippen molar-refractivity contribution in [1.29, 1.82) is 0 Å². The Kier molecular flexibility index (Phi) is 19.8. The fourth-order valence-electron chi connectivity index (χ4n) is 7.59. The maximum Gasteiger partial charge on any atom is 0.333 e. The molecule has 0 radical (unpaired) electrons. The summed E-state index contributed by atoms with van der Waals surface area (Å²) in [7, 11) is 0. The van der Waals surface area contributed by atoms with Gasteiger partial charge in [-0.1, -0.05) is 51.1 Å². The molecule has 4 unspecified atom stereocenters. The Balaban J connectivity index is 1.33. The largest absolute Gasteiger partial charge is 0.387 e. The molecule has 4 rings (SSSR count). The van der Waals surface area contributed by atoms with Crippen LogP contribution in [0.4, 0.5) is 8.78 Å². The number of carbonyl (C=O) groups excluding carboxylic acids is 10. The van der Waals surface area contributed by atoms with Crippen molar-refractivity contribution in [2.75, 3.05) is 19.7 Å². The average molecular weight is 980 g/mol. The molecule has 0 spiro atoms. The number of aliphatic hydroxyl groups excluding tert-OH is 1. The third kappa shape index (κ3) is 16.0. The van der Waals surface area contributed by atoms with Gasteiger partial charge in [0.05, 0.1) is 18.9 Å². The summed E-state index contributed by atoms with van der Waals surface area (Å²) in [5.74, 6) is -9.84. The number of rotatable bonds is 25. The predicted octanol–water partition coefficient (Wildman–Crippen LogP) is 0.899. The van der Waals surface area contributed by atoms with Crippen LogP contribution in [0.3, 0.4) is 0 Å². The first-order chi connectivity index (χ1) is 33.0. The lowest BCUT2D eigenvalue weighted by Crippen LogP contribution is -2.54. The van der Waals surface area contributed by atoms with Gasteiger partial charge in [0.2, 0.25) is 41.4 Å². The highest BCUT2D eigenvalue weighted by Crippen LogP contribution is 2.41. The van der Waals surface area contributed by atoms with Crippen molar-refractivity contribution in [3.8, 4) is 11.1 Å². The van der Waals surface area contributed by atoms with Gasteiger partial charge in [0.15, 0.2) is 0 Å². The van der Waals surface area contributed by atoms with Crippen molar-refractivity contribution in [2.45, 2.75) is 110 Å². The van der Waals surface area contributed by atoms with E-state index in [4.69, 9.17) is 16.3 Å². The number of aliphatic hydroxyl groups is 1. The third-order valence-electron chi connectivity index (χ3n) is 11.0. The minimum absolute atomic E-state index is 0.00913. The number of hydrogen-bond acceptors (Lipinski definition) is 12. The van der Waals surface area contributed by atoms with Crippen molar-refractivity contribution in [3.63, 3.8) is 0 Å². The molecule has 9 amide bonds. The molecule has 2 aromatic carbocycles. The molecule has 0 saturated carbocycles. The van der Waals surface area contributed by atoms with Crippen LogP contribution in [0.25, 0.3) is 11.1 Å². The van der Waals surface area contributed by atoms with Crippen LogP contribution in [0.1, 0.15) is 96.4 Å². The number of nitrogens with two attached hydrogens (primary N) is 2. The van der Waals surface area contributed by atoms with Crippen LogP contribution >= 0.6 is 0 Å². The smallest absolute Gasteiger partial charge is 0.333 e. The lowest BCUT2D eigenvalue weighted by atomic mass is 9.83. The first-order valence-corrected chi connectivity index (χ1v) is 22.4. The Hall–Kier alpha value is -7.56. The van der Waals surface area contributed by atoms with E-state index in [-0.39, 0.29) is 57.2 Å². The van der Waals surface area contributed by atoms with E-state index in [9.17, 15) is 57.4 Å². The highest BCUT2D eigenvalue weighted by atomic mass is 19.1. The zero-order chi connectivity index (χ0) is 51.9. The number of amides is 9. The molecule has 0 aliphatic carbocycles. The summed E-state index contributed by atoms with van der Waals surface area (Å²) in [5.41, 5.74) is 12.0. The molecule has 1 aliphatic rings. The van der Waals surface area contributed by atoms with Gasteiger partial charge in [-0.15, -0.1) is 5.06 Å². The number of nitrogens with one attached hydrogen (secondary N) is 4. The van der Waals surface area contributed by atoms with Crippen molar-refractivity contribution in [2.24, 2.45) is 16.9 Å². The second-order valence-electron chi connectivity index (χ2n) is 17.7. The van der Waals surface area contributed by atoms with Gasteiger partial charge in [0.1, 0.15) is 36.4 Å². The van der Waals surface area contributed by atoms with E-state index in [1.54, 1.807) is 12.3 Å². The number of carbonyl (C=O) groups is 10. The number of benzene rings is 2. The van der Waals surface area contributed by atoms with Crippen LogP contribution < -0.4 is 32.7 Å². The standard InChI is InChI=1S/C47H59F2N9O12/c1-27(53-36(60)12-8-13-42(66)70-58-39(63)16-17-40(58)64)46(69)55-34(45(51)68)23-38(62)54-33(44(50)67)22-37(61)52-18-9-19-57(41(65)26-59)43(47(2,3)4)35-20-29(31-21-30(48)14-15-32(31)49)25-56(35)24-28-10-6-5-7-11-28/h5-7,10-11,14-15,20-21,25,27,33-34,43,59H,8-9,12-13,16-19,22-24,26H2,1-4H3,(H2,50,67)(H2,51,68)(H,52,61)(H,53,60)(H,54,62)(H,55,69). The molecule has 1 fully saturated rings. The van der Waals surface area contributed by atoms with Crippen molar-refractivity contribution < 1.29 is 66.7 Å². The first-order valence-electron chi connectivity index (χ1n) is 22.4. The number of hydroxylamine groups is 2. The first kappa shape index (κ1) is 55.0. The number of nitrogens with zero attached hydrogens (tertiary/aromatic N) is 3. The lowest BCUT2D eigenvalue weighted by molar-refractivity contribution is -0.197. The Labute approximate surface area is 401 Å². The molecule has 1 aliphatic heterocycles. The molecule has 0 bridgehead atoms. The quantitative estimate of drug-likeness (QED) is 0.0460. The van der Waals surface area contributed by atoms with Gasteiger partial charge in [-0.05, 0) is 55.0 Å². The van der Waals surface area contributed by atoms with Crippen LogP contribution in [-0.4, -0.2) is 117 Å². The van der Waals surface area contributed by atoms with Crippen LogP contribution in [-0.2, 0) is 59.3 Å². The van der Waals surface area contributed by atoms with E-state index in [1.807, 2.05) is 55.7 Å². The molecule has 23 heteroatoms. The predicted molar refractivity (Wildman–Crippen MR) is 244 cm³/mol. The van der Waals surface area contributed by atoms with Crippen molar-refractivity contribution >= 4 is 59.1 Å². The van der Waals surface area contributed by atoms with E-state index < -0.39 is 120 Å². The molecule has 4 atom stereocenters. The minimum Gasteiger partial charge on any atom is -0.387 e. The number of primary amides is 2. The number of imide groups is 1. The molecule has 21 nitrogen and oxygen atoms in total. The molecule has 1 aromatic heterocycles. The Morgan fingerprint density at radius 3 is 2.06 bits per heavy atom. The monoisotopic (exact) mass is 979 g/mol. The summed E-state index contributed by atoms with van der Waals surface area (Å²) in [6.45, 7) is 6.25. The highest BCUT2D eigenvalue weighted by Gasteiger charge is 2.37. The second-order valence-corrected chi connectivity index (χ2v) is 17.7. The lowest BCUT2D eigenvalue weighted by Gasteiger charge is -2.41. The summed E-state index contributed by atoms with van der Waals surface area (Å²) in [6, 6.07) is 8.88. The van der Waals surface area contributed by atoms with Gasteiger partial charge in [-0.25, -0.2) is 13.6 Å². The zero-order valence-electron chi connectivity index (χ0n) is 39.3. The Bertz CT molecular complexity index is 2430. The summed E-state index contributed by atoms with van der Waals surface area (Å²) < 4.78 is 31.3. The van der Waals surface area contributed by atoms with E-state index in [2.05, 4.69) is 21.3 Å². The van der Waals surface area contributed by atoms with Crippen molar-refractivity contribution in [3.05, 3.63) is 83.7 Å². The minimum atomic E-state index is -1.64. The molecule has 70 heavy (non-hydrogen) atoms. The maximum absolute atomic E-state index is 15.1.